The van der Waals surface area contributed by atoms with E-state index in [0.717, 1.165) is 12.1 Å². The number of carbonyl (C=O) groups is 1. The Labute approximate surface area is 195 Å². The van der Waals surface area contributed by atoms with E-state index in [4.69, 9.17) is 9.47 Å². The van der Waals surface area contributed by atoms with E-state index in [1.54, 1.807) is 30.3 Å². The number of hydrogen-bond donors (Lipinski definition) is 1. The number of pyridine rings is 1. The van der Waals surface area contributed by atoms with E-state index in [-0.39, 0.29) is 35.2 Å². The fourth-order valence-corrected chi connectivity index (χ4v) is 3.40. The maximum Gasteiger partial charge on any atom is 0.522 e. The number of carbonyl (C=O) groups excluding carboxylic acids is 1. The molecule has 0 aliphatic rings. The Hall–Kier alpha value is -3.99. The second-order valence-corrected chi connectivity index (χ2v) is 7.35. The molecule has 2 heterocycles. The lowest BCUT2D eigenvalue weighted by molar-refractivity contribution is -0.324. The molecule has 0 aliphatic heterocycles. The first-order chi connectivity index (χ1) is 16.7. The zero-order chi connectivity index (χ0) is 25.0. The summed E-state index contributed by atoms with van der Waals surface area (Å²) in [5.41, 5.74) is 0.638. The van der Waals surface area contributed by atoms with Gasteiger partial charge in [-0.05, 0) is 47.9 Å². The predicted octanol–water partition coefficient (Wildman–Crippen LogP) is 5.86. The molecule has 0 fully saturated rings. The number of benzene rings is 2. The van der Waals surface area contributed by atoms with Gasteiger partial charge in [-0.2, -0.15) is 0 Å². The van der Waals surface area contributed by atoms with Gasteiger partial charge in [0.2, 0.25) is 0 Å². The Morgan fingerprint density at radius 2 is 1.74 bits per heavy atom. The molecule has 0 spiro atoms. The minimum absolute atomic E-state index is 0.0210. The molecule has 182 valence electrons. The molecule has 35 heavy (non-hydrogen) atoms. The number of ether oxygens (including phenoxy) is 3. The van der Waals surface area contributed by atoms with Gasteiger partial charge in [0.25, 0.3) is 0 Å². The van der Waals surface area contributed by atoms with Crippen molar-refractivity contribution in [3.05, 3.63) is 83.7 Å². The van der Waals surface area contributed by atoms with Gasteiger partial charge in [-0.25, -0.2) is 13.8 Å². The van der Waals surface area contributed by atoms with Crippen LogP contribution in [-0.2, 0) is 22.4 Å². The normalized spacial score (nSPS) is 11.6. The molecule has 2 aromatic heterocycles. The minimum Gasteiger partial charge on any atom is -0.450 e. The van der Waals surface area contributed by atoms with Crippen molar-refractivity contribution in [2.24, 2.45) is 0 Å². The first kappa shape index (κ1) is 24.1. The van der Waals surface area contributed by atoms with Crippen LogP contribution in [0, 0.1) is 11.6 Å². The molecular formula is C24H17F5N2O4. The van der Waals surface area contributed by atoms with Gasteiger partial charge < -0.3 is 14.5 Å². The number of esters is 1. The van der Waals surface area contributed by atoms with Crippen LogP contribution in [0.15, 0.2) is 60.9 Å². The van der Waals surface area contributed by atoms with E-state index < -0.39 is 36.3 Å². The van der Waals surface area contributed by atoms with E-state index in [9.17, 15) is 26.7 Å². The number of aromatic nitrogens is 2. The first-order valence-corrected chi connectivity index (χ1v) is 10.3. The highest BCUT2D eigenvalue weighted by atomic mass is 19.4. The Balaban J connectivity index is 1.52. The van der Waals surface area contributed by atoms with Gasteiger partial charge in [-0.1, -0.05) is 18.2 Å². The monoisotopic (exact) mass is 492 g/mol. The lowest BCUT2D eigenvalue weighted by Crippen LogP contribution is -2.15. The highest BCUT2D eigenvalue weighted by Crippen LogP contribution is 2.35. The van der Waals surface area contributed by atoms with Gasteiger partial charge in [-0.3, -0.25) is 9.53 Å². The van der Waals surface area contributed by atoms with E-state index in [1.165, 1.54) is 18.5 Å². The summed E-state index contributed by atoms with van der Waals surface area (Å²) in [5.74, 6) is -3.32. The Kier molecular flexibility index (Phi) is 6.97. The molecule has 0 unspecified atom stereocenters. The number of fused-ring (bicyclic) bond motifs is 1. The van der Waals surface area contributed by atoms with Crippen LogP contribution in [0.5, 0.6) is 17.2 Å². The lowest BCUT2D eigenvalue weighted by Gasteiger charge is -2.12. The maximum atomic E-state index is 14.7. The average Bonchev–Trinajstić information content (AvgIpc) is 3.20. The van der Waals surface area contributed by atoms with Crippen LogP contribution in [0.1, 0.15) is 11.1 Å². The van der Waals surface area contributed by atoms with E-state index in [0.29, 0.717) is 11.3 Å². The molecule has 11 heteroatoms. The van der Waals surface area contributed by atoms with Crippen molar-refractivity contribution in [1.82, 2.24) is 9.97 Å². The highest BCUT2D eigenvalue weighted by Gasteiger charge is 2.29. The number of para-hydroxylation sites is 1. The van der Waals surface area contributed by atoms with E-state index >= 15 is 0 Å². The zero-order valence-electron chi connectivity index (χ0n) is 17.9. The molecule has 2 aromatic carbocycles. The summed E-state index contributed by atoms with van der Waals surface area (Å²) < 4.78 is 80.8. The molecule has 0 radical (unpaired) electrons. The molecule has 0 atom stereocenters. The number of nitrogens with one attached hydrogen (secondary N) is 1. The Bertz CT molecular complexity index is 1320. The van der Waals surface area contributed by atoms with Crippen LogP contribution in [0.25, 0.3) is 11.0 Å². The van der Waals surface area contributed by atoms with E-state index in [2.05, 4.69) is 14.7 Å². The smallest absolute Gasteiger partial charge is 0.450 e. The molecule has 0 saturated heterocycles. The quantitative estimate of drug-likeness (QED) is 0.190. The van der Waals surface area contributed by atoms with Crippen molar-refractivity contribution in [2.75, 3.05) is 6.61 Å². The molecule has 4 aromatic rings. The minimum atomic E-state index is -4.79. The average molecular weight is 492 g/mol. The predicted molar refractivity (Wildman–Crippen MR) is 114 cm³/mol. The van der Waals surface area contributed by atoms with Crippen molar-refractivity contribution in [1.29, 1.82) is 0 Å². The number of aromatic amines is 1. The van der Waals surface area contributed by atoms with Crippen LogP contribution in [-0.4, -0.2) is 28.9 Å². The third kappa shape index (κ3) is 6.12. The van der Waals surface area contributed by atoms with Crippen LogP contribution in [0.2, 0.25) is 0 Å². The largest absolute Gasteiger partial charge is 0.522 e. The molecule has 0 aliphatic carbocycles. The Morgan fingerprint density at radius 3 is 2.43 bits per heavy atom. The van der Waals surface area contributed by atoms with Gasteiger partial charge in [0.05, 0.1) is 18.4 Å². The highest BCUT2D eigenvalue weighted by molar-refractivity contribution is 5.86. The van der Waals surface area contributed by atoms with Gasteiger partial charge in [0, 0.05) is 12.4 Å². The van der Waals surface area contributed by atoms with Gasteiger partial charge in [0.1, 0.15) is 17.1 Å². The summed E-state index contributed by atoms with van der Waals surface area (Å²) in [5, 5.41) is 0.257. The van der Waals surface area contributed by atoms with E-state index in [1.807, 2.05) is 0 Å². The number of nitrogens with zero attached hydrogens (tertiary/aromatic N) is 1. The SMILES string of the molecule is O=C(Cc1cc(F)c(Oc2ccnc3[nH]cc(CCOC(F)(F)F)c23)c(F)c1)Oc1ccccc1. The van der Waals surface area contributed by atoms with Gasteiger partial charge >= 0.3 is 12.3 Å². The van der Waals surface area contributed by atoms with Crippen molar-refractivity contribution in [3.63, 3.8) is 0 Å². The van der Waals surface area contributed by atoms with Crippen molar-refractivity contribution >= 4 is 17.0 Å². The topological polar surface area (TPSA) is 73.4 Å². The van der Waals surface area contributed by atoms with Crippen molar-refractivity contribution < 1.29 is 41.0 Å². The van der Waals surface area contributed by atoms with Crippen LogP contribution < -0.4 is 9.47 Å². The third-order valence-electron chi connectivity index (χ3n) is 4.85. The molecule has 4 rings (SSSR count). The number of halogens is 5. The summed E-state index contributed by atoms with van der Waals surface area (Å²) in [4.78, 5) is 18.9. The summed E-state index contributed by atoms with van der Waals surface area (Å²) in [7, 11) is 0. The van der Waals surface area contributed by atoms with Crippen molar-refractivity contribution in [3.8, 4) is 17.2 Å². The number of H-pyrrole nitrogens is 1. The standard InChI is InChI=1S/C24H17F5N2O4/c25-17-10-14(12-20(32)34-16-4-2-1-3-5-16)11-18(26)22(17)35-19-6-8-30-23-21(19)15(13-31-23)7-9-33-24(27,28)29/h1-6,8,10-11,13H,7,9,12H2,(H,30,31). The lowest BCUT2D eigenvalue weighted by atomic mass is 10.1. The van der Waals surface area contributed by atoms with Crippen LogP contribution >= 0.6 is 0 Å². The van der Waals surface area contributed by atoms with Crippen LogP contribution in [0.4, 0.5) is 22.0 Å². The summed E-state index contributed by atoms with van der Waals surface area (Å²) in [6.45, 7) is -0.665. The fraction of sp³-hybridized carbons (Fsp3) is 0.167. The molecule has 0 amide bonds. The number of hydrogen-bond acceptors (Lipinski definition) is 5. The number of rotatable bonds is 8. The maximum absolute atomic E-state index is 14.7. The zero-order valence-corrected chi connectivity index (χ0v) is 17.9. The Morgan fingerprint density at radius 1 is 1.03 bits per heavy atom. The number of alkyl halides is 3. The van der Waals surface area contributed by atoms with Crippen molar-refractivity contribution in [2.45, 2.75) is 19.2 Å². The molecular weight excluding hydrogens is 475 g/mol. The first-order valence-electron chi connectivity index (χ1n) is 10.3. The fourth-order valence-electron chi connectivity index (χ4n) is 3.40. The second-order valence-electron chi connectivity index (χ2n) is 7.35. The van der Waals surface area contributed by atoms with Gasteiger partial charge in [0.15, 0.2) is 17.4 Å². The summed E-state index contributed by atoms with van der Waals surface area (Å²) >= 11 is 0. The molecule has 1 N–H and O–H groups in total. The molecule has 0 saturated carbocycles. The summed E-state index contributed by atoms with van der Waals surface area (Å²) in [6, 6.07) is 11.4. The van der Waals surface area contributed by atoms with Crippen LogP contribution in [0.3, 0.4) is 0 Å². The van der Waals surface area contributed by atoms with Gasteiger partial charge in [-0.15, -0.1) is 13.2 Å². The molecule has 0 bridgehead atoms. The second kappa shape index (κ2) is 10.1. The third-order valence-corrected chi connectivity index (χ3v) is 4.85. The summed E-state index contributed by atoms with van der Waals surface area (Å²) in [6.07, 6.45) is -2.60. The molecule has 6 nitrogen and oxygen atoms in total.